The average molecular weight is 620 g/mol. The lowest BCUT2D eigenvalue weighted by Crippen LogP contribution is -2.60. The summed E-state index contributed by atoms with van der Waals surface area (Å²) in [6.45, 7) is 1.66. The number of rotatable bonds is 6. The molecule has 3 rings (SSSR count). The van der Waals surface area contributed by atoms with Crippen LogP contribution in [0.2, 0.25) is 0 Å². The number of hydrogen-bond donors (Lipinski definition) is 0. The number of nitrogens with zero attached hydrogens (tertiary/aromatic N) is 7. The first-order valence-electron chi connectivity index (χ1n) is 14.7. The summed E-state index contributed by atoms with van der Waals surface area (Å²) in [5.74, 6) is -2.36. The lowest BCUT2D eigenvalue weighted by molar-refractivity contribution is -0.147. The van der Waals surface area contributed by atoms with Gasteiger partial charge in [-0.25, -0.2) is 4.39 Å². The van der Waals surface area contributed by atoms with Crippen molar-refractivity contribution in [2.75, 3.05) is 102 Å². The van der Waals surface area contributed by atoms with E-state index in [2.05, 4.69) is 0 Å². The quantitative estimate of drug-likeness (QED) is 0.419. The number of ether oxygens (including phenoxy) is 1. The van der Waals surface area contributed by atoms with E-state index in [1.54, 1.807) is 35.8 Å². The van der Waals surface area contributed by atoms with E-state index in [1.165, 1.54) is 40.9 Å². The van der Waals surface area contributed by atoms with E-state index in [0.29, 0.717) is 19.6 Å². The molecule has 2 aliphatic heterocycles. The Hall–Kier alpha value is -3.78. The second kappa shape index (κ2) is 15.3. The highest BCUT2D eigenvalue weighted by Crippen LogP contribution is 2.25. The van der Waals surface area contributed by atoms with E-state index in [9.17, 15) is 28.4 Å². The lowest BCUT2D eigenvalue weighted by Gasteiger charge is -2.42. The van der Waals surface area contributed by atoms with Crippen molar-refractivity contribution in [1.29, 1.82) is 0 Å². The molecule has 0 N–H and O–H groups in total. The molecule has 44 heavy (non-hydrogen) atoms. The SMILES string of the molecule is CN(C)CCN(C)C(=O)[C@@H]1CCC(=O)N(C)CC(=O)N2CCN(C(=O)CN(C)C)C[C@H]2COc2ccc(F)cc2C(=O)N1C. The molecule has 0 unspecified atom stereocenters. The molecule has 1 saturated heterocycles. The Bertz CT molecular complexity index is 1230. The predicted octanol–water partition coefficient (Wildman–Crippen LogP) is -0.482. The van der Waals surface area contributed by atoms with Gasteiger partial charge in [-0.3, -0.25) is 24.0 Å². The van der Waals surface area contributed by atoms with Crippen molar-refractivity contribution in [3.8, 4) is 5.75 Å². The van der Waals surface area contributed by atoms with Crippen LogP contribution in [0.25, 0.3) is 0 Å². The maximum absolute atomic E-state index is 14.5. The summed E-state index contributed by atoms with van der Waals surface area (Å²) >= 11 is 0. The molecule has 1 fully saturated rings. The van der Waals surface area contributed by atoms with E-state index in [1.807, 2.05) is 19.0 Å². The van der Waals surface area contributed by atoms with Gasteiger partial charge in [0.05, 0.1) is 24.7 Å². The molecule has 0 bridgehead atoms. The number of amides is 5. The maximum Gasteiger partial charge on any atom is 0.258 e. The summed E-state index contributed by atoms with van der Waals surface area (Å²) in [5, 5.41) is 0. The second-order valence-corrected chi connectivity index (χ2v) is 12.1. The minimum Gasteiger partial charge on any atom is -0.491 e. The van der Waals surface area contributed by atoms with Crippen LogP contribution in [0, 0.1) is 5.82 Å². The Balaban J connectivity index is 1.98. The fourth-order valence-corrected chi connectivity index (χ4v) is 5.27. The van der Waals surface area contributed by atoms with Gasteiger partial charge < -0.3 is 39.0 Å². The fraction of sp³-hybridized carbons (Fsp3) is 0.633. The predicted molar refractivity (Wildman–Crippen MR) is 161 cm³/mol. The molecule has 2 heterocycles. The first-order valence-corrected chi connectivity index (χ1v) is 14.7. The van der Waals surface area contributed by atoms with Crippen molar-refractivity contribution in [3.05, 3.63) is 29.6 Å². The summed E-state index contributed by atoms with van der Waals surface area (Å²) in [7, 11) is 12.0. The van der Waals surface area contributed by atoms with Gasteiger partial charge in [-0.1, -0.05) is 0 Å². The van der Waals surface area contributed by atoms with Gasteiger partial charge in [0.2, 0.25) is 23.6 Å². The van der Waals surface area contributed by atoms with E-state index in [-0.39, 0.29) is 80.6 Å². The Morgan fingerprint density at radius 1 is 0.977 bits per heavy atom. The van der Waals surface area contributed by atoms with Gasteiger partial charge in [-0.15, -0.1) is 0 Å². The van der Waals surface area contributed by atoms with Gasteiger partial charge in [0.1, 0.15) is 24.2 Å². The summed E-state index contributed by atoms with van der Waals surface area (Å²) in [4.78, 5) is 77.9. The van der Waals surface area contributed by atoms with E-state index in [4.69, 9.17) is 4.74 Å². The Labute approximate surface area is 259 Å². The van der Waals surface area contributed by atoms with Gasteiger partial charge in [0, 0.05) is 60.3 Å². The van der Waals surface area contributed by atoms with Crippen LogP contribution in [0.5, 0.6) is 5.75 Å². The molecule has 0 radical (unpaired) electrons. The third-order valence-electron chi connectivity index (χ3n) is 7.97. The highest BCUT2D eigenvalue weighted by Gasteiger charge is 2.36. The van der Waals surface area contributed by atoms with Crippen LogP contribution >= 0.6 is 0 Å². The molecule has 5 amide bonds. The summed E-state index contributed by atoms with van der Waals surface area (Å²) in [6.07, 6.45) is -0.0897. The van der Waals surface area contributed by atoms with E-state index >= 15 is 0 Å². The first-order chi connectivity index (χ1) is 20.7. The molecule has 0 spiro atoms. The average Bonchev–Trinajstić information content (AvgIpc) is 2.97. The van der Waals surface area contributed by atoms with Crippen molar-refractivity contribution < 1.29 is 33.1 Å². The summed E-state index contributed by atoms with van der Waals surface area (Å²) < 4.78 is 20.6. The van der Waals surface area contributed by atoms with Crippen molar-refractivity contribution in [2.24, 2.45) is 0 Å². The molecule has 0 aliphatic carbocycles. The lowest BCUT2D eigenvalue weighted by atomic mass is 10.1. The number of piperazine rings is 1. The number of likely N-dealkylation sites (N-methyl/N-ethyl adjacent to an activating group) is 5. The fourth-order valence-electron chi connectivity index (χ4n) is 5.27. The monoisotopic (exact) mass is 619 g/mol. The molecule has 0 aromatic heterocycles. The summed E-state index contributed by atoms with van der Waals surface area (Å²) in [6, 6.07) is 1.96. The first kappa shape index (κ1) is 34.7. The minimum absolute atomic E-state index is 0.00549. The standard InChI is InChI=1S/C30H46FN7O6/c1-32(2)12-13-34(5)30(43)24-9-11-26(39)35(6)19-28(41)38-15-14-37(27(40)18-33(3)4)17-22(38)20-44-25-10-8-21(31)16-23(25)29(42)36(24)7/h8,10,16,22,24H,9,11-15,17-20H2,1-7H3/t22-,24-/m0/s1. The van der Waals surface area contributed by atoms with Crippen LogP contribution < -0.4 is 4.74 Å². The Morgan fingerprint density at radius 3 is 2.34 bits per heavy atom. The number of carbonyl (C=O) groups is 5. The molecule has 14 heteroatoms. The molecule has 0 saturated carbocycles. The van der Waals surface area contributed by atoms with Crippen molar-refractivity contribution in [3.63, 3.8) is 0 Å². The van der Waals surface area contributed by atoms with Crippen molar-refractivity contribution >= 4 is 29.5 Å². The highest BCUT2D eigenvalue weighted by molar-refractivity contribution is 5.99. The van der Waals surface area contributed by atoms with Crippen LogP contribution in [0.3, 0.4) is 0 Å². The number of hydrogen-bond acceptors (Lipinski definition) is 8. The molecule has 1 aromatic rings. The van der Waals surface area contributed by atoms with E-state index in [0.717, 1.165) is 6.07 Å². The van der Waals surface area contributed by atoms with Crippen LogP contribution in [-0.2, 0) is 19.2 Å². The van der Waals surface area contributed by atoms with Crippen LogP contribution in [0.4, 0.5) is 4.39 Å². The third-order valence-corrected chi connectivity index (χ3v) is 7.97. The molecule has 2 aliphatic rings. The van der Waals surface area contributed by atoms with Gasteiger partial charge >= 0.3 is 0 Å². The molecule has 1 aromatic carbocycles. The van der Waals surface area contributed by atoms with Gasteiger partial charge in [-0.05, 0) is 52.8 Å². The van der Waals surface area contributed by atoms with Crippen molar-refractivity contribution in [2.45, 2.75) is 24.9 Å². The second-order valence-electron chi connectivity index (χ2n) is 12.1. The Kier molecular flexibility index (Phi) is 12.1. The van der Waals surface area contributed by atoms with Gasteiger partial charge in [0.15, 0.2) is 0 Å². The minimum atomic E-state index is -1.02. The topological polar surface area (TPSA) is 117 Å². The molecule has 244 valence electrons. The number of carbonyl (C=O) groups excluding carboxylic acids is 5. The number of fused-ring (bicyclic) bond motifs is 2. The summed E-state index contributed by atoms with van der Waals surface area (Å²) in [5.41, 5.74) is -0.0891. The maximum atomic E-state index is 14.5. The van der Waals surface area contributed by atoms with Gasteiger partial charge in [0.25, 0.3) is 5.91 Å². The third kappa shape index (κ3) is 8.88. The zero-order valence-electron chi connectivity index (χ0n) is 26.9. The van der Waals surface area contributed by atoms with Crippen LogP contribution in [-0.4, -0.2) is 178 Å². The van der Waals surface area contributed by atoms with Gasteiger partial charge in [-0.2, -0.15) is 0 Å². The van der Waals surface area contributed by atoms with Crippen LogP contribution in [0.1, 0.15) is 23.2 Å². The normalized spacial score (nSPS) is 20.6. The molecule has 13 nitrogen and oxygen atoms in total. The Morgan fingerprint density at radius 2 is 1.68 bits per heavy atom. The van der Waals surface area contributed by atoms with E-state index < -0.39 is 23.8 Å². The molecular formula is C30H46FN7O6. The number of halogens is 1. The smallest absolute Gasteiger partial charge is 0.258 e. The molecule has 2 atom stereocenters. The number of benzene rings is 1. The largest absolute Gasteiger partial charge is 0.491 e. The van der Waals surface area contributed by atoms with Crippen LogP contribution in [0.15, 0.2) is 18.2 Å². The molecular weight excluding hydrogens is 573 g/mol. The van der Waals surface area contributed by atoms with Crippen molar-refractivity contribution in [1.82, 2.24) is 34.3 Å². The zero-order chi connectivity index (χ0) is 32.7. The zero-order valence-corrected chi connectivity index (χ0v) is 26.9. The highest BCUT2D eigenvalue weighted by atomic mass is 19.1.